The molecule has 0 radical (unpaired) electrons. The van der Waals surface area contributed by atoms with Gasteiger partial charge in [-0.25, -0.2) is 0 Å². The molecule has 0 amide bonds. The highest BCUT2D eigenvalue weighted by atomic mass is 32.1. The topological polar surface area (TPSA) is 24.1 Å². The summed E-state index contributed by atoms with van der Waals surface area (Å²) in [5.74, 6) is 0. The van der Waals surface area contributed by atoms with E-state index in [0.29, 0.717) is 6.67 Å². The van der Waals surface area contributed by atoms with Crippen molar-refractivity contribution in [2.75, 3.05) is 12.0 Å². The largest absolute Gasteiger partial charge is 0.372 e. The number of rotatable bonds is 7. The Hall–Kier alpha value is -3.01. The van der Waals surface area contributed by atoms with E-state index in [4.69, 9.17) is 0 Å². The summed E-state index contributed by atoms with van der Waals surface area (Å²) < 4.78 is 0. The zero-order chi connectivity index (χ0) is 19.9. The lowest BCUT2D eigenvalue weighted by Gasteiger charge is -2.14. The highest BCUT2D eigenvalue weighted by molar-refractivity contribution is 7.80. The van der Waals surface area contributed by atoms with Gasteiger partial charge in [0, 0.05) is 22.7 Å². The van der Waals surface area contributed by atoms with Crippen molar-refractivity contribution in [2.45, 2.75) is 11.4 Å². The predicted molar refractivity (Wildman–Crippen MR) is 126 cm³/mol. The first-order chi connectivity index (χ1) is 14.3. The van der Waals surface area contributed by atoms with Crippen molar-refractivity contribution in [1.29, 1.82) is 0 Å². The van der Waals surface area contributed by atoms with Crippen LogP contribution in [-0.4, -0.2) is 6.67 Å². The lowest BCUT2D eigenvalue weighted by Crippen LogP contribution is -2.21. The Kier molecular flexibility index (Phi) is 6.30. The van der Waals surface area contributed by atoms with Crippen LogP contribution in [0.3, 0.4) is 0 Å². The molecule has 0 atom stereocenters. The van der Waals surface area contributed by atoms with Gasteiger partial charge in [-0.2, -0.15) is 0 Å². The summed E-state index contributed by atoms with van der Waals surface area (Å²) in [6, 6.07) is 35.7. The van der Waals surface area contributed by atoms with E-state index in [9.17, 15) is 0 Å². The molecule has 3 heteroatoms. The molecule has 0 saturated heterocycles. The number of benzene rings is 4. The van der Waals surface area contributed by atoms with Gasteiger partial charge in [-0.05, 0) is 40.5 Å². The van der Waals surface area contributed by atoms with Crippen LogP contribution in [0.4, 0.5) is 5.69 Å². The smallest absolute Gasteiger partial charge is 0.0655 e. The van der Waals surface area contributed by atoms with Gasteiger partial charge in [0.05, 0.1) is 6.67 Å². The van der Waals surface area contributed by atoms with Gasteiger partial charge < -0.3 is 5.32 Å². The molecule has 2 N–H and O–H groups in total. The fourth-order valence-electron chi connectivity index (χ4n) is 3.42. The Labute approximate surface area is 178 Å². The third-order valence-corrected chi connectivity index (χ3v) is 5.28. The van der Waals surface area contributed by atoms with E-state index in [1.807, 2.05) is 18.2 Å². The molecule has 0 aliphatic rings. The van der Waals surface area contributed by atoms with Gasteiger partial charge in [-0.1, -0.05) is 84.9 Å². The molecule has 0 unspecified atom stereocenters. The molecule has 0 aromatic heterocycles. The minimum Gasteiger partial charge on any atom is -0.372 e. The minimum atomic E-state index is 0.699. The maximum Gasteiger partial charge on any atom is 0.0655 e. The molecule has 0 bridgehead atoms. The van der Waals surface area contributed by atoms with Gasteiger partial charge in [-0.3, -0.25) is 5.32 Å². The highest BCUT2D eigenvalue weighted by Crippen LogP contribution is 2.33. The van der Waals surface area contributed by atoms with Gasteiger partial charge in [0.25, 0.3) is 0 Å². The monoisotopic (exact) mass is 396 g/mol. The normalized spacial score (nSPS) is 10.7. The average Bonchev–Trinajstić information content (AvgIpc) is 2.78. The van der Waals surface area contributed by atoms with Gasteiger partial charge in [0.15, 0.2) is 0 Å². The molecule has 29 heavy (non-hydrogen) atoms. The van der Waals surface area contributed by atoms with E-state index in [2.05, 4.69) is 108 Å². The zero-order valence-corrected chi connectivity index (χ0v) is 17.1. The number of nitrogens with one attached hydrogen (secondary N) is 2. The van der Waals surface area contributed by atoms with Crippen LogP contribution in [-0.2, 0) is 6.54 Å². The molecule has 0 aliphatic heterocycles. The van der Waals surface area contributed by atoms with E-state index < -0.39 is 0 Å². The molecular weight excluding hydrogens is 372 g/mol. The van der Waals surface area contributed by atoms with Crippen molar-refractivity contribution in [2.24, 2.45) is 0 Å². The Morgan fingerprint density at radius 3 is 2.07 bits per heavy atom. The van der Waals surface area contributed by atoms with E-state index in [1.165, 1.54) is 22.3 Å². The van der Waals surface area contributed by atoms with Crippen LogP contribution < -0.4 is 10.6 Å². The lowest BCUT2D eigenvalue weighted by molar-refractivity contribution is 0.735. The first kappa shape index (κ1) is 19.3. The summed E-state index contributed by atoms with van der Waals surface area (Å²) in [5.41, 5.74) is 7.08. The Morgan fingerprint density at radius 2 is 1.28 bits per heavy atom. The molecule has 0 saturated carbocycles. The van der Waals surface area contributed by atoms with E-state index in [0.717, 1.165) is 22.7 Å². The number of hydrogen-bond acceptors (Lipinski definition) is 3. The van der Waals surface area contributed by atoms with Crippen LogP contribution in [0.2, 0.25) is 0 Å². The summed E-state index contributed by atoms with van der Waals surface area (Å²) in [7, 11) is 0. The summed E-state index contributed by atoms with van der Waals surface area (Å²) in [5, 5.41) is 6.98. The third-order valence-electron chi connectivity index (χ3n) is 4.89. The number of para-hydroxylation sites is 1. The van der Waals surface area contributed by atoms with Crippen LogP contribution >= 0.6 is 12.6 Å². The van der Waals surface area contributed by atoms with E-state index in [1.54, 1.807) is 0 Å². The van der Waals surface area contributed by atoms with Crippen molar-refractivity contribution in [3.8, 4) is 22.3 Å². The van der Waals surface area contributed by atoms with Crippen LogP contribution in [0.5, 0.6) is 0 Å². The fraction of sp³-hybridized carbons (Fsp3) is 0.0769. The number of thiol groups is 1. The van der Waals surface area contributed by atoms with Gasteiger partial charge >= 0.3 is 0 Å². The van der Waals surface area contributed by atoms with E-state index >= 15 is 0 Å². The molecule has 2 nitrogen and oxygen atoms in total. The minimum absolute atomic E-state index is 0.699. The Bertz CT molecular complexity index is 1080. The van der Waals surface area contributed by atoms with Crippen molar-refractivity contribution in [3.05, 3.63) is 109 Å². The molecule has 4 aromatic rings. The summed E-state index contributed by atoms with van der Waals surface area (Å²) >= 11 is 4.62. The summed E-state index contributed by atoms with van der Waals surface area (Å²) in [6.45, 7) is 1.54. The summed E-state index contributed by atoms with van der Waals surface area (Å²) in [4.78, 5) is 0.987. The molecule has 0 fully saturated rings. The van der Waals surface area contributed by atoms with E-state index in [-0.39, 0.29) is 0 Å². The average molecular weight is 397 g/mol. The Morgan fingerprint density at radius 1 is 0.621 bits per heavy atom. The van der Waals surface area contributed by atoms with Crippen LogP contribution in [0.1, 0.15) is 5.56 Å². The molecule has 4 aromatic carbocycles. The first-order valence-corrected chi connectivity index (χ1v) is 10.2. The van der Waals surface area contributed by atoms with Crippen LogP contribution in [0.25, 0.3) is 22.3 Å². The third kappa shape index (κ3) is 4.89. The van der Waals surface area contributed by atoms with Crippen LogP contribution in [0, 0.1) is 0 Å². The van der Waals surface area contributed by atoms with Crippen LogP contribution in [0.15, 0.2) is 108 Å². The molecule has 4 rings (SSSR count). The SMILES string of the molecule is Sc1ccccc1-c1cccc(-c2ccccc2NCNCc2ccccc2)c1. The number of hydrogen-bond donors (Lipinski definition) is 3. The quantitative estimate of drug-likeness (QED) is 0.189. The summed E-state index contributed by atoms with van der Waals surface area (Å²) in [6.07, 6.45) is 0. The molecule has 0 aliphatic carbocycles. The van der Waals surface area contributed by atoms with Gasteiger partial charge in [0.1, 0.15) is 0 Å². The predicted octanol–water partition coefficient (Wildman–Crippen LogP) is 6.47. The van der Waals surface area contributed by atoms with Crippen molar-refractivity contribution < 1.29 is 0 Å². The fourth-order valence-corrected chi connectivity index (χ4v) is 3.71. The molecule has 144 valence electrons. The second-order valence-electron chi connectivity index (χ2n) is 6.91. The highest BCUT2D eigenvalue weighted by Gasteiger charge is 2.07. The molecule has 0 heterocycles. The second-order valence-corrected chi connectivity index (χ2v) is 7.39. The van der Waals surface area contributed by atoms with Crippen molar-refractivity contribution >= 4 is 18.3 Å². The lowest BCUT2D eigenvalue weighted by atomic mass is 9.98. The van der Waals surface area contributed by atoms with Gasteiger partial charge in [0.2, 0.25) is 0 Å². The molecule has 0 spiro atoms. The van der Waals surface area contributed by atoms with Gasteiger partial charge in [-0.15, -0.1) is 12.6 Å². The zero-order valence-electron chi connectivity index (χ0n) is 16.2. The maximum absolute atomic E-state index is 4.62. The molecular formula is C26H24N2S. The first-order valence-electron chi connectivity index (χ1n) is 9.77. The standard InChI is InChI=1S/C26H24N2S/c29-26-16-7-5-14-24(26)22-12-8-11-21(17-22)23-13-4-6-15-25(23)28-19-27-18-20-9-2-1-3-10-20/h1-17,27-29H,18-19H2. The Balaban J connectivity index is 1.51. The van der Waals surface area contributed by atoms with Crippen molar-refractivity contribution in [1.82, 2.24) is 5.32 Å². The second kappa shape index (κ2) is 9.46. The maximum atomic E-state index is 4.62. The van der Waals surface area contributed by atoms with Crippen molar-refractivity contribution in [3.63, 3.8) is 0 Å². The number of anilines is 1.